The fraction of sp³-hybridized carbons (Fsp3) is 0.857. The van der Waals surface area contributed by atoms with Crippen molar-refractivity contribution in [2.24, 2.45) is 5.73 Å². The van der Waals surface area contributed by atoms with Gasteiger partial charge in [-0.2, -0.15) is 0 Å². The first-order chi connectivity index (χ1) is 4.68. The highest BCUT2D eigenvalue weighted by atomic mass is 32.1. The van der Waals surface area contributed by atoms with E-state index in [2.05, 4.69) is 6.92 Å². The molecule has 0 bridgehead atoms. The van der Waals surface area contributed by atoms with Crippen LogP contribution in [0, 0.1) is 0 Å². The minimum atomic E-state index is -0.0680. The van der Waals surface area contributed by atoms with Gasteiger partial charge in [0, 0.05) is 6.61 Å². The van der Waals surface area contributed by atoms with E-state index in [4.69, 9.17) is 22.7 Å². The quantitative estimate of drug-likeness (QED) is 0.490. The summed E-state index contributed by atoms with van der Waals surface area (Å²) >= 11 is 4.72. The molecule has 2 N–H and O–H groups in total. The van der Waals surface area contributed by atoms with Crippen molar-refractivity contribution >= 4 is 17.2 Å². The molecule has 0 aromatic rings. The summed E-state index contributed by atoms with van der Waals surface area (Å²) < 4.78 is 5.28. The van der Waals surface area contributed by atoms with Gasteiger partial charge in [-0.15, -0.1) is 0 Å². The lowest BCUT2D eigenvalue weighted by Crippen LogP contribution is -2.26. The van der Waals surface area contributed by atoms with E-state index in [1.54, 1.807) is 0 Å². The minimum Gasteiger partial charge on any atom is -0.391 e. The van der Waals surface area contributed by atoms with Crippen LogP contribution in [0.4, 0.5) is 0 Å². The molecule has 0 saturated carbocycles. The minimum absolute atomic E-state index is 0.0680. The number of rotatable bonds is 5. The van der Waals surface area contributed by atoms with E-state index in [-0.39, 0.29) is 6.10 Å². The Morgan fingerprint density at radius 2 is 2.30 bits per heavy atom. The van der Waals surface area contributed by atoms with Crippen LogP contribution in [0.5, 0.6) is 0 Å². The molecular formula is C7H15NOS. The summed E-state index contributed by atoms with van der Waals surface area (Å²) in [5.74, 6) is 0. The summed E-state index contributed by atoms with van der Waals surface area (Å²) in [5, 5.41) is 0. The summed E-state index contributed by atoms with van der Waals surface area (Å²) in [6.07, 6.45) is 2.15. The Labute approximate surface area is 67.7 Å². The van der Waals surface area contributed by atoms with E-state index in [0.717, 1.165) is 19.4 Å². The molecule has 0 amide bonds. The second-order valence-electron chi connectivity index (χ2n) is 2.27. The molecule has 0 aliphatic rings. The largest absolute Gasteiger partial charge is 0.391 e. The fourth-order valence-electron chi connectivity index (χ4n) is 0.487. The molecule has 1 unspecified atom stereocenters. The number of nitrogens with two attached hydrogens (primary N) is 1. The van der Waals surface area contributed by atoms with Gasteiger partial charge in [0.1, 0.15) is 11.1 Å². The molecule has 0 heterocycles. The molecule has 3 heteroatoms. The second-order valence-corrected chi connectivity index (χ2v) is 2.74. The first-order valence-corrected chi connectivity index (χ1v) is 4.00. The van der Waals surface area contributed by atoms with Gasteiger partial charge in [0.05, 0.1) is 0 Å². The van der Waals surface area contributed by atoms with Crippen molar-refractivity contribution < 1.29 is 4.74 Å². The van der Waals surface area contributed by atoms with Crippen molar-refractivity contribution in [2.45, 2.75) is 32.8 Å². The monoisotopic (exact) mass is 161 g/mol. The maximum atomic E-state index is 5.32. The predicted octanol–water partition coefficient (Wildman–Crippen LogP) is 1.48. The summed E-state index contributed by atoms with van der Waals surface area (Å²) in [4.78, 5) is 0.441. The summed E-state index contributed by atoms with van der Waals surface area (Å²) in [7, 11) is 0. The smallest absolute Gasteiger partial charge is 0.104 e. The Morgan fingerprint density at radius 3 is 2.70 bits per heavy atom. The van der Waals surface area contributed by atoms with Crippen LogP contribution >= 0.6 is 12.2 Å². The zero-order chi connectivity index (χ0) is 7.98. The SMILES string of the molecule is CCCCOC(C)C(N)=S. The maximum absolute atomic E-state index is 5.32. The lowest BCUT2D eigenvalue weighted by molar-refractivity contribution is 0.108. The van der Waals surface area contributed by atoms with Gasteiger partial charge < -0.3 is 10.5 Å². The lowest BCUT2D eigenvalue weighted by Gasteiger charge is -2.09. The Kier molecular flexibility index (Phi) is 5.54. The number of hydrogen-bond donors (Lipinski definition) is 1. The number of unbranched alkanes of at least 4 members (excludes halogenated alkanes) is 1. The topological polar surface area (TPSA) is 35.2 Å². The van der Waals surface area contributed by atoms with Gasteiger partial charge in [-0.05, 0) is 13.3 Å². The zero-order valence-corrected chi connectivity index (χ0v) is 7.41. The molecular weight excluding hydrogens is 146 g/mol. The highest BCUT2D eigenvalue weighted by molar-refractivity contribution is 7.80. The standard InChI is InChI=1S/C7H15NOS/c1-3-4-5-9-6(2)7(8)10/h6H,3-5H2,1-2H3,(H2,8,10). The van der Waals surface area contributed by atoms with Crippen molar-refractivity contribution in [3.63, 3.8) is 0 Å². The van der Waals surface area contributed by atoms with Crippen molar-refractivity contribution in [1.82, 2.24) is 0 Å². The third kappa shape index (κ3) is 4.70. The van der Waals surface area contributed by atoms with E-state index in [9.17, 15) is 0 Å². The molecule has 0 saturated heterocycles. The Balaban J connectivity index is 3.21. The van der Waals surface area contributed by atoms with Crippen LogP contribution < -0.4 is 5.73 Å². The maximum Gasteiger partial charge on any atom is 0.104 e. The van der Waals surface area contributed by atoms with Crippen molar-refractivity contribution in [1.29, 1.82) is 0 Å². The van der Waals surface area contributed by atoms with Crippen LogP contribution in [-0.2, 0) is 4.74 Å². The van der Waals surface area contributed by atoms with Crippen molar-refractivity contribution in [3.8, 4) is 0 Å². The normalized spacial score (nSPS) is 13.0. The van der Waals surface area contributed by atoms with Crippen LogP contribution in [0.15, 0.2) is 0 Å². The average molecular weight is 161 g/mol. The number of ether oxygens (including phenoxy) is 1. The first kappa shape index (κ1) is 9.85. The number of thiocarbonyl (C=S) groups is 1. The Morgan fingerprint density at radius 1 is 1.70 bits per heavy atom. The van der Waals surface area contributed by atoms with Gasteiger partial charge >= 0.3 is 0 Å². The molecule has 2 nitrogen and oxygen atoms in total. The van der Waals surface area contributed by atoms with E-state index in [0.29, 0.717) is 4.99 Å². The van der Waals surface area contributed by atoms with Gasteiger partial charge in [0.15, 0.2) is 0 Å². The molecule has 0 radical (unpaired) electrons. The van der Waals surface area contributed by atoms with E-state index < -0.39 is 0 Å². The van der Waals surface area contributed by atoms with Crippen LogP contribution in [0.25, 0.3) is 0 Å². The van der Waals surface area contributed by atoms with Crippen molar-refractivity contribution in [2.75, 3.05) is 6.61 Å². The van der Waals surface area contributed by atoms with Crippen LogP contribution in [-0.4, -0.2) is 17.7 Å². The summed E-state index contributed by atoms with van der Waals surface area (Å²) in [6, 6.07) is 0. The molecule has 10 heavy (non-hydrogen) atoms. The van der Waals surface area contributed by atoms with E-state index in [1.165, 1.54) is 0 Å². The first-order valence-electron chi connectivity index (χ1n) is 3.59. The van der Waals surface area contributed by atoms with Gasteiger partial charge in [-0.3, -0.25) is 0 Å². The lowest BCUT2D eigenvalue weighted by atomic mass is 10.3. The average Bonchev–Trinajstić information content (AvgIpc) is 1.88. The van der Waals surface area contributed by atoms with Gasteiger partial charge in [-0.1, -0.05) is 25.6 Å². The summed E-state index contributed by atoms with van der Waals surface area (Å²) in [5.41, 5.74) is 5.32. The third-order valence-corrected chi connectivity index (χ3v) is 1.60. The Bertz CT molecular complexity index is 106. The molecule has 1 atom stereocenters. The molecule has 0 rings (SSSR count). The van der Waals surface area contributed by atoms with Crippen LogP contribution in [0.1, 0.15) is 26.7 Å². The highest BCUT2D eigenvalue weighted by Gasteiger charge is 2.02. The predicted molar refractivity (Wildman–Crippen MR) is 47.1 cm³/mol. The number of hydrogen-bond acceptors (Lipinski definition) is 2. The zero-order valence-electron chi connectivity index (χ0n) is 6.59. The van der Waals surface area contributed by atoms with Gasteiger partial charge in [0.2, 0.25) is 0 Å². The molecule has 0 spiro atoms. The summed E-state index contributed by atoms with van der Waals surface area (Å²) in [6.45, 7) is 4.75. The molecule has 0 aliphatic carbocycles. The molecule has 0 aromatic carbocycles. The van der Waals surface area contributed by atoms with E-state index in [1.807, 2.05) is 6.92 Å². The Hall–Kier alpha value is -0.150. The molecule has 0 fully saturated rings. The van der Waals surface area contributed by atoms with Crippen LogP contribution in [0.3, 0.4) is 0 Å². The van der Waals surface area contributed by atoms with E-state index >= 15 is 0 Å². The molecule has 0 aromatic heterocycles. The van der Waals surface area contributed by atoms with Crippen molar-refractivity contribution in [3.05, 3.63) is 0 Å². The molecule has 60 valence electrons. The molecule has 0 aliphatic heterocycles. The third-order valence-electron chi connectivity index (χ3n) is 1.27. The van der Waals surface area contributed by atoms with Gasteiger partial charge in [0.25, 0.3) is 0 Å². The van der Waals surface area contributed by atoms with Gasteiger partial charge in [-0.25, -0.2) is 0 Å². The fourth-order valence-corrected chi connectivity index (χ4v) is 0.555. The van der Waals surface area contributed by atoms with Crippen LogP contribution in [0.2, 0.25) is 0 Å². The second kappa shape index (κ2) is 5.62. The highest BCUT2D eigenvalue weighted by Crippen LogP contribution is 1.94.